The van der Waals surface area contributed by atoms with Crippen LogP contribution in [0.4, 0.5) is 5.69 Å². The van der Waals surface area contributed by atoms with Gasteiger partial charge in [-0.05, 0) is 38.1 Å². The number of primary sulfonamides is 1. The Balaban J connectivity index is 2.13. The van der Waals surface area contributed by atoms with Crippen LogP contribution in [-0.4, -0.2) is 26.9 Å². The summed E-state index contributed by atoms with van der Waals surface area (Å²) in [5.74, 6) is -0.206. The van der Waals surface area contributed by atoms with Gasteiger partial charge in [0.2, 0.25) is 15.9 Å². The minimum atomic E-state index is -3.75. The van der Waals surface area contributed by atoms with E-state index in [2.05, 4.69) is 10.6 Å². The van der Waals surface area contributed by atoms with Crippen molar-refractivity contribution >= 4 is 21.6 Å². The van der Waals surface area contributed by atoms with Gasteiger partial charge in [0, 0.05) is 11.7 Å². The Bertz CT molecular complexity index is 586. The molecular formula is C12H17N3O3S. The van der Waals surface area contributed by atoms with Gasteiger partial charge in [0.05, 0.1) is 10.8 Å². The number of amides is 1. The summed E-state index contributed by atoms with van der Waals surface area (Å²) in [5.41, 5.74) is 0.440. The van der Waals surface area contributed by atoms with Crippen molar-refractivity contribution in [1.82, 2.24) is 5.32 Å². The van der Waals surface area contributed by atoms with Crippen molar-refractivity contribution in [3.63, 3.8) is 0 Å². The molecule has 1 aliphatic heterocycles. The van der Waals surface area contributed by atoms with Crippen molar-refractivity contribution in [3.8, 4) is 0 Å². The van der Waals surface area contributed by atoms with Gasteiger partial charge >= 0.3 is 0 Å². The Hall–Kier alpha value is -1.44. The van der Waals surface area contributed by atoms with Gasteiger partial charge in [0.25, 0.3) is 0 Å². The van der Waals surface area contributed by atoms with Crippen molar-refractivity contribution in [2.45, 2.75) is 24.3 Å². The molecule has 7 heteroatoms. The summed E-state index contributed by atoms with van der Waals surface area (Å²) in [4.78, 5) is 12.0. The van der Waals surface area contributed by atoms with Gasteiger partial charge in [-0.15, -0.1) is 0 Å². The molecule has 0 aliphatic carbocycles. The fourth-order valence-corrected chi connectivity index (χ4v) is 2.76. The number of rotatable bonds is 3. The predicted molar refractivity (Wildman–Crippen MR) is 72.0 cm³/mol. The third-order valence-electron chi connectivity index (χ3n) is 3.29. The Morgan fingerprint density at radius 3 is 2.79 bits per heavy atom. The van der Waals surface area contributed by atoms with Gasteiger partial charge < -0.3 is 10.6 Å². The molecule has 1 saturated heterocycles. The van der Waals surface area contributed by atoms with Crippen LogP contribution in [0.25, 0.3) is 0 Å². The summed E-state index contributed by atoms with van der Waals surface area (Å²) < 4.78 is 22.5. The Kier molecular flexibility index (Phi) is 3.88. The molecule has 1 amide bonds. The summed E-state index contributed by atoms with van der Waals surface area (Å²) >= 11 is 0. The van der Waals surface area contributed by atoms with Crippen molar-refractivity contribution < 1.29 is 13.2 Å². The van der Waals surface area contributed by atoms with Crippen molar-refractivity contribution in [1.29, 1.82) is 0 Å². The van der Waals surface area contributed by atoms with Crippen LogP contribution in [0.1, 0.15) is 13.3 Å². The van der Waals surface area contributed by atoms with E-state index in [0.717, 1.165) is 13.0 Å². The highest BCUT2D eigenvalue weighted by atomic mass is 32.2. The monoisotopic (exact) mass is 283 g/mol. The van der Waals surface area contributed by atoms with Crippen LogP contribution >= 0.6 is 0 Å². The number of benzene rings is 1. The highest BCUT2D eigenvalue weighted by Crippen LogP contribution is 2.19. The molecule has 0 radical (unpaired) electrons. The first-order valence-corrected chi connectivity index (χ1v) is 7.59. The second-order valence-electron chi connectivity index (χ2n) is 4.70. The number of carbonyl (C=O) groups is 1. The highest BCUT2D eigenvalue weighted by molar-refractivity contribution is 7.89. The molecule has 1 aromatic rings. The molecule has 1 fully saturated rings. The lowest BCUT2D eigenvalue weighted by Gasteiger charge is -2.15. The van der Waals surface area contributed by atoms with Crippen molar-refractivity contribution in [3.05, 3.63) is 24.3 Å². The minimum absolute atomic E-state index is 0.0112. The number of nitrogens with one attached hydrogen (secondary N) is 2. The standard InChI is InChI=1S/C12H17N3O3S/c1-8-11(5-6-14-8)12(16)15-9-3-2-4-10(7-9)19(13,17)18/h2-4,7-8,11,14H,5-6H2,1H3,(H,15,16)(H2,13,17,18). The fourth-order valence-electron chi connectivity index (χ4n) is 2.20. The van der Waals surface area contributed by atoms with Gasteiger partial charge in [0.15, 0.2) is 0 Å². The molecule has 0 saturated carbocycles. The maximum absolute atomic E-state index is 12.1. The molecule has 104 valence electrons. The summed E-state index contributed by atoms with van der Waals surface area (Å²) in [6, 6.07) is 6.07. The molecule has 1 aliphatic rings. The van der Waals surface area contributed by atoms with Gasteiger partial charge in [-0.1, -0.05) is 6.07 Å². The maximum atomic E-state index is 12.1. The molecule has 0 aromatic heterocycles. The molecule has 0 bridgehead atoms. The Morgan fingerprint density at radius 1 is 1.47 bits per heavy atom. The van der Waals surface area contributed by atoms with E-state index in [0.29, 0.717) is 5.69 Å². The van der Waals surface area contributed by atoms with Crippen molar-refractivity contribution in [2.75, 3.05) is 11.9 Å². The first-order valence-electron chi connectivity index (χ1n) is 6.05. The zero-order valence-electron chi connectivity index (χ0n) is 10.6. The normalized spacial score (nSPS) is 23.3. The highest BCUT2D eigenvalue weighted by Gasteiger charge is 2.29. The Morgan fingerprint density at radius 2 is 2.21 bits per heavy atom. The maximum Gasteiger partial charge on any atom is 0.238 e. The number of carbonyl (C=O) groups excluding carboxylic acids is 1. The quantitative estimate of drug-likeness (QED) is 0.741. The number of hydrogen-bond donors (Lipinski definition) is 3. The van der Waals surface area contributed by atoms with E-state index in [1.165, 1.54) is 12.1 Å². The second kappa shape index (κ2) is 5.28. The van der Waals surface area contributed by atoms with Crippen LogP contribution in [0.5, 0.6) is 0 Å². The summed E-state index contributed by atoms with van der Waals surface area (Å²) in [6.45, 7) is 2.77. The second-order valence-corrected chi connectivity index (χ2v) is 6.26. The molecule has 2 rings (SSSR count). The number of anilines is 1. The van der Waals surface area contributed by atoms with Crippen LogP contribution in [0.3, 0.4) is 0 Å². The molecule has 0 spiro atoms. The number of nitrogens with two attached hydrogens (primary N) is 1. The molecule has 1 heterocycles. The summed E-state index contributed by atoms with van der Waals surface area (Å²) in [5, 5.41) is 11.0. The first kappa shape index (κ1) is 14.0. The van der Waals surface area contributed by atoms with E-state index in [1.54, 1.807) is 12.1 Å². The lowest BCUT2D eigenvalue weighted by Crippen LogP contribution is -2.32. The lowest BCUT2D eigenvalue weighted by atomic mass is 10.0. The van der Waals surface area contributed by atoms with E-state index < -0.39 is 10.0 Å². The average molecular weight is 283 g/mol. The topological polar surface area (TPSA) is 101 Å². The van der Waals surface area contributed by atoms with E-state index in [9.17, 15) is 13.2 Å². The van der Waals surface area contributed by atoms with Gasteiger partial charge in [0.1, 0.15) is 0 Å². The van der Waals surface area contributed by atoms with E-state index in [-0.39, 0.29) is 22.8 Å². The SMILES string of the molecule is CC1NCCC1C(=O)Nc1cccc(S(N)(=O)=O)c1. The minimum Gasteiger partial charge on any atom is -0.326 e. The van der Waals surface area contributed by atoms with Gasteiger partial charge in [-0.2, -0.15) is 0 Å². The van der Waals surface area contributed by atoms with E-state index in [4.69, 9.17) is 5.14 Å². The van der Waals surface area contributed by atoms with Gasteiger partial charge in [-0.25, -0.2) is 13.6 Å². The van der Waals surface area contributed by atoms with E-state index >= 15 is 0 Å². The van der Waals surface area contributed by atoms with Gasteiger partial charge in [-0.3, -0.25) is 4.79 Å². The Labute approximate surface area is 112 Å². The summed E-state index contributed by atoms with van der Waals surface area (Å²) in [7, 11) is -3.75. The molecule has 4 N–H and O–H groups in total. The third-order valence-corrected chi connectivity index (χ3v) is 4.20. The third kappa shape index (κ3) is 3.31. The molecule has 6 nitrogen and oxygen atoms in total. The smallest absolute Gasteiger partial charge is 0.238 e. The lowest BCUT2D eigenvalue weighted by molar-refractivity contribution is -0.120. The number of hydrogen-bond acceptors (Lipinski definition) is 4. The zero-order valence-corrected chi connectivity index (χ0v) is 11.4. The van der Waals surface area contributed by atoms with Crippen LogP contribution < -0.4 is 15.8 Å². The van der Waals surface area contributed by atoms with E-state index in [1.807, 2.05) is 6.92 Å². The first-order chi connectivity index (χ1) is 8.88. The molecule has 1 aromatic carbocycles. The fraction of sp³-hybridized carbons (Fsp3) is 0.417. The van der Waals surface area contributed by atoms with Crippen LogP contribution in [0, 0.1) is 5.92 Å². The van der Waals surface area contributed by atoms with Crippen LogP contribution in [0.2, 0.25) is 0 Å². The van der Waals surface area contributed by atoms with Crippen LogP contribution in [-0.2, 0) is 14.8 Å². The van der Waals surface area contributed by atoms with Crippen LogP contribution in [0.15, 0.2) is 29.2 Å². The largest absolute Gasteiger partial charge is 0.326 e. The van der Waals surface area contributed by atoms with Crippen molar-refractivity contribution in [2.24, 2.45) is 11.1 Å². The average Bonchev–Trinajstić information content (AvgIpc) is 2.75. The summed E-state index contributed by atoms with van der Waals surface area (Å²) in [6.07, 6.45) is 0.780. The molecule has 2 unspecified atom stereocenters. The molecule has 19 heavy (non-hydrogen) atoms. The number of sulfonamides is 1. The predicted octanol–water partition coefficient (Wildman–Crippen LogP) is 0.271. The molecule has 2 atom stereocenters. The zero-order chi connectivity index (χ0) is 14.0. The molecular weight excluding hydrogens is 266 g/mol.